The summed E-state index contributed by atoms with van der Waals surface area (Å²) in [6.45, 7) is 0. The minimum absolute atomic E-state index is 0.139. The van der Waals surface area contributed by atoms with E-state index >= 15 is 0 Å². The molecule has 1 aliphatic rings. The number of hydrogen-bond donors (Lipinski definition) is 1. The molecule has 1 fully saturated rings. The van der Waals surface area contributed by atoms with Crippen molar-refractivity contribution in [3.05, 3.63) is 22.8 Å². The smallest absolute Gasteiger partial charge is 0.135 e. The molecule has 3 nitrogen and oxygen atoms in total. The van der Waals surface area contributed by atoms with E-state index < -0.39 is 0 Å². The molecule has 0 atom stereocenters. The van der Waals surface area contributed by atoms with Gasteiger partial charge in [0.2, 0.25) is 0 Å². The van der Waals surface area contributed by atoms with Crippen molar-refractivity contribution in [1.82, 2.24) is 9.97 Å². The third kappa shape index (κ3) is 1.51. The molecule has 0 saturated heterocycles. The van der Waals surface area contributed by atoms with E-state index in [9.17, 15) is 0 Å². The summed E-state index contributed by atoms with van der Waals surface area (Å²) in [5.41, 5.74) is 8.97. The molecule has 0 aromatic carbocycles. The molecule has 0 aliphatic heterocycles. The summed E-state index contributed by atoms with van der Waals surface area (Å²) in [6, 6.07) is 0. The lowest BCUT2D eigenvalue weighted by Gasteiger charge is -2.36. The fourth-order valence-electron chi connectivity index (χ4n) is 1.75. The lowest BCUT2D eigenvalue weighted by Crippen LogP contribution is -2.43. The third-order valence-electron chi connectivity index (χ3n) is 2.90. The van der Waals surface area contributed by atoms with Gasteiger partial charge in [-0.25, -0.2) is 4.98 Å². The largest absolute Gasteiger partial charge is 0.320 e. The van der Waals surface area contributed by atoms with Crippen LogP contribution in [0.25, 0.3) is 9.88 Å². The zero-order valence-electron chi connectivity index (χ0n) is 8.14. The number of hydrogen-bond acceptors (Lipinski definition) is 5. The lowest BCUT2D eigenvalue weighted by molar-refractivity contribution is 0.247. The fraction of sp³-hybridized carbons (Fsp3) is 0.400. The molecule has 0 bridgehead atoms. The number of thiazole rings is 2. The lowest BCUT2D eigenvalue weighted by atomic mass is 9.76. The van der Waals surface area contributed by atoms with Crippen molar-refractivity contribution in [1.29, 1.82) is 0 Å². The molecular weight excluding hydrogens is 226 g/mol. The topological polar surface area (TPSA) is 51.8 Å². The molecule has 1 saturated carbocycles. The van der Waals surface area contributed by atoms with Crippen molar-refractivity contribution in [2.45, 2.75) is 24.8 Å². The van der Waals surface area contributed by atoms with Gasteiger partial charge in [0, 0.05) is 11.6 Å². The predicted molar refractivity (Wildman–Crippen MR) is 62.9 cm³/mol. The minimum atomic E-state index is -0.139. The van der Waals surface area contributed by atoms with Gasteiger partial charge in [0.15, 0.2) is 0 Å². The van der Waals surface area contributed by atoms with Gasteiger partial charge in [-0.15, -0.1) is 22.7 Å². The second-order valence-corrected chi connectivity index (χ2v) is 5.66. The van der Waals surface area contributed by atoms with Crippen molar-refractivity contribution in [2.24, 2.45) is 5.73 Å². The van der Waals surface area contributed by atoms with E-state index in [0.29, 0.717) is 0 Å². The molecule has 78 valence electrons. The van der Waals surface area contributed by atoms with Crippen molar-refractivity contribution in [2.75, 3.05) is 0 Å². The van der Waals surface area contributed by atoms with Gasteiger partial charge in [0.1, 0.15) is 5.01 Å². The number of aromatic nitrogens is 2. The molecule has 2 heterocycles. The van der Waals surface area contributed by atoms with Crippen molar-refractivity contribution < 1.29 is 0 Å². The van der Waals surface area contributed by atoms with Crippen LogP contribution < -0.4 is 5.73 Å². The Bertz CT molecular complexity index is 457. The monoisotopic (exact) mass is 237 g/mol. The first-order chi connectivity index (χ1) is 7.28. The van der Waals surface area contributed by atoms with Gasteiger partial charge < -0.3 is 5.73 Å². The van der Waals surface area contributed by atoms with Crippen molar-refractivity contribution in [3.63, 3.8) is 0 Å². The Labute approximate surface area is 96.0 Å². The van der Waals surface area contributed by atoms with E-state index in [1.807, 2.05) is 11.7 Å². The van der Waals surface area contributed by atoms with E-state index in [2.05, 4.69) is 15.3 Å². The standard InChI is InChI=1S/C10H11N3S2/c11-10(2-1-3-10)8-5-14-9(13-8)7-4-12-6-15-7/h4-6H,1-3,11H2. The first-order valence-electron chi connectivity index (χ1n) is 4.92. The van der Waals surface area contributed by atoms with E-state index in [-0.39, 0.29) is 5.54 Å². The van der Waals surface area contributed by atoms with E-state index in [1.165, 1.54) is 6.42 Å². The van der Waals surface area contributed by atoms with Crippen LogP contribution in [-0.4, -0.2) is 9.97 Å². The summed E-state index contributed by atoms with van der Waals surface area (Å²) in [5.74, 6) is 0. The Morgan fingerprint density at radius 2 is 2.20 bits per heavy atom. The normalized spacial score (nSPS) is 18.7. The summed E-state index contributed by atoms with van der Waals surface area (Å²) in [4.78, 5) is 9.80. The van der Waals surface area contributed by atoms with Gasteiger partial charge in [-0.3, -0.25) is 4.98 Å². The number of nitrogens with zero attached hydrogens (tertiary/aromatic N) is 2. The summed E-state index contributed by atoms with van der Waals surface area (Å²) >= 11 is 3.28. The van der Waals surface area contributed by atoms with E-state index in [4.69, 9.17) is 5.73 Å². The van der Waals surface area contributed by atoms with E-state index in [1.54, 1.807) is 22.7 Å². The predicted octanol–water partition coefficient (Wildman–Crippen LogP) is 2.60. The van der Waals surface area contributed by atoms with Crippen molar-refractivity contribution in [3.8, 4) is 9.88 Å². The first kappa shape index (κ1) is 9.45. The second kappa shape index (κ2) is 3.37. The van der Waals surface area contributed by atoms with Crippen LogP contribution in [0.15, 0.2) is 17.1 Å². The quantitative estimate of drug-likeness (QED) is 0.873. The maximum absolute atomic E-state index is 6.22. The summed E-state index contributed by atoms with van der Waals surface area (Å²) in [6.07, 6.45) is 5.22. The molecule has 1 aliphatic carbocycles. The zero-order valence-corrected chi connectivity index (χ0v) is 9.77. The Morgan fingerprint density at radius 3 is 2.80 bits per heavy atom. The highest BCUT2D eigenvalue weighted by molar-refractivity contribution is 7.19. The Balaban J connectivity index is 1.94. The van der Waals surface area contributed by atoms with Crippen LogP contribution in [0.3, 0.4) is 0 Å². The van der Waals surface area contributed by atoms with Crippen LogP contribution >= 0.6 is 22.7 Å². The highest BCUT2D eigenvalue weighted by atomic mass is 32.1. The Kier molecular flexibility index (Phi) is 2.12. The Hall–Kier alpha value is -0.780. The molecule has 2 N–H and O–H groups in total. The minimum Gasteiger partial charge on any atom is -0.320 e. The van der Waals surface area contributed by atoms with Gasteiger partial charge >= 0.3 is 0 Å². The average Bonchev–Trinajstić information content (AvgIpc) is 2.84. The van der Waals surface area contributed by atoms with Crippen LogP contribution in [0.2, 0.25) is 0 Å². The molecule has 5 heteroatoms. The maximum atomic E-state index is 6.22. The first-order valence-corrected chi connectivity index (χ1v) is 6.68. The van der Waals surface area contributed by atoms with Crippen LogP contribution in [0.4, 0.5) is 0 Å². The Morgan fingerprint density at radius 1 is 1.33 bits per heavy atom. The summed E-state index contributed by atoms with van der Waals surface area (Å²) in [7, 11) is 0. The van der Waals surface area contributed by atoms with Gasteiger partial charge in [-0.1, -0.05) is 0 Å². The van der Waals surface area contributed by atoms with Crippen LogP contribution in [0, 0.1) is 0 Å². The molecule has 2 aromatic rings. The summed E-state index contributed by atoms with van der Waals surface area (Å²) < 4.78 is 0. The molecule has 3 rings (SSSR count). The molecule has 0 amide bonds. The van der Waals surface area contributed by atoms with Crippen LogP contribution in [0.5, 0.6) is 0 Å². The zero-order chi connectivity index (χ0) is 10.3. The van der Waals surface area contributed by atoms with Gasteiger partial charge in [0.05, 0.1) is 21.6 Å². The molecule has 15 heavy (non-hydrogen) atoms. The SMILES string of the molecule is NC1(c2csc(-c3cncs3)n2)CCC1. The average molecular weight is 237 g/mol. The highest BCUT2D eigenvalue weighted by Crippen LogP contribution is 2.40. The third-order valence-corrected chi connectivity index (χ3v) is 4.69. The molecular formula is C10H11N3S2. The fourth-order valence-corrected chi connectivity index (χ4v) is 3.37. The van der Waals surface area contributed by atoms with Crippen molar-refractivity contribution >= 4 is 22.7 Å². The maximum Gasteiger partial charge on any atom is 0.135 e. The summed E-state index contributed by atoms with van der Waals surface area (Å²) in [5, 5.41) is 3.14. The van der Waals surface area contributed by atoms with E-state index in [0.717, 1.165) is 28.4 Å². The van der Waals surface area contributed by atoms with Crippen LogP contribution in [0.1, 0.15) is 25.0 Å². The molecule has 0 radical (unpaired) electrons. The number of nitrogens with two attached hydrogens (primary N) is 1. The van der Waals surface area contributed by atoms with Gasteiger partial charge in [-0.2, -0.15) is 0 Å². The van der Waals surface area contributed by atoms with Crippen LogP contribution in [-0.2, 0) is 5.54 Å². The van der Waals surface area contributed by atoms with Gasteiger partial charge in [-0.05, 0) is 19.3 Å². The van der Waals surface area contributed by atoms with Gasteiger partial charge in [0.25, 0.3) is 0 Å². The highest BCUT2D eigenvalue weighted by Gasteiger charge is 2.36. The molecule has 0 unspecified atom stereocenters. The number of rotatable bonds is 2. The molecule has 0 spiro atoms. The molecule has 2 aromatic heterocycles. The second-order valence-electron chi connectivity index (χ2n) is 3.91.